The maximum Gasteiger partial charge on any atom is 0.319 e. The zero-order valence-corrected chi connectivity index (χ0v) is 21.6. The van der Waals surface area contributed by atoms with Gasteiger partial charge in [-0.1, -0.05) is 0 Å². The molecule has 2 amide bonds. The Balaban J connectivity index is 1.32. The number of amides is 2. The highest BCUT2D eigenvalue weighted by Gasteiger charge is 2.40. The van der Waals surface area contributed by atoms with Gasteiger partial charge in [0.25, 0.3) is 0 Å². The van der Waals surface area contributed by atoms with Gasteiger partial charge in [0, 0.05) is 63.4 Å². The summed E-state index contributed by atoms with van der Waals surface area (Å²) in [7, 11) is 3.94. The molecule has 4 heterocycles. The van der Waals surface area contributed by atoms with Gasteiger partial charge >= 0.3 is 6.03 Å². The molecule has 3 aliphatic rings. The topological polar surface area (TPSA) is 117 Å². The number of morpholine rings is 1. The average molecular weight is 513 g/mol. The molecule has 0 atom stereocenters. The minimum atomic E-state index is -0.457. The van der Waals surface area contributed by atoms with Crippen molar-refractivity contribution in [2.75, 3.05) is 94.9 Å². The van der Waals surface area contributed by atoms with Crippen molar-refractivity contribution < 1.29 is 19.0 Å². The van der Waals surface area contributed by atoms with Crippen LogP contribution in [0.5, 0.6) is 0 Å². The molecular weight excluding hydrogens is 476 g/mol. The van der Waals surface area contributed by atoms with E-state index in [1.165, 1.54) is 0 Å². The van der Waals surface area contributed by atoms with E-state index in [-0.39, 0.29) is 6.03 Å². The number of hydrogen-bond acceptors (Lipinski definition) is 10. The highest BCUT2D eigenvalue weighted by molar-refractivity contribution is 5.89. The zero-order valence-electron chi connectivity index (χ0n) is 21.6. The molecule has 2 N–H and O–H groups in total. The molecule has 1 aromatic heterocycles. The van der Waals surface area contributed by atoms with Crippen LogP contribution in [-0.2, 0) is 14.2 Å². The molecular formula is C25H36N8O4. The van der Waals surface area contributed by atoms with Gasteiger partial charge in [-0.3, -0.25) is 0 Å². The number of ether oxygens (including phenoxy) is 3. The van der Waals surface area contributed by atoms with Crippen LogP contribution in [0.1, 0.15) is 12.8 Å². The van der Waals surface area contributed by atoms with E-state index in [1.807, 2.05) is 43.3 Å². The van der Waals surface area contributed by atoms with Gasteiger partial charge in [-0.2, -0.15) is 15.0 Å². The predicted molar refractivity (Wildman–Crippen MR) is 140 cm³/mol. The van der Waals surface area contributed by atoms with Gasteiger partial charge in [0.15, 0.2) is 11.6 Å². The van der Waals surface area contributed by atoms with E-state index in [4.69, 9.17) is 29.2 Å². The Labute approximate surface area is 217 Å². The minimum Gasteiger partial charge on any atom is -0.378 e. The van der Waals surface area contributed by atoms with Crippen LogP contribution in [-0.4, -0.2) is 111 Å². The number of hydrogen-bond donors (Lipinski definition) is 2. The molecule has 2 aromatic rings. The van der Waals surface area contributed by atoms with Crippen molar-refractivity contribution in [3.63, 3.8) is 0 Å². The van der Waals surface area contributed by atoms with E-state index in [0.717, 1.165) is 51.1 Å². The van der Waals surface area contributed by atoms with Crippen molar-refractivity contribution in [3.05, 3.63) is 24.3 Å². The lowest BCUT2D eigenvalue weighted by atomic mass is 10.0. The van der Waals surface area contributed by atoms with Crippen LogP contribution >= 0.6 is 0 Å². The van der Waals surface area contributed by atoms with Crippen molar-refractivity contribution in [1.82, 2.24) is 25.2 Å². The molecule has 0 aliphatic carbocycles. The summed E-state index contributed by atoms with van der Waals surface area (Å²) < 4.78 is 17.3. The maximum atomic E-state index is 12.2. The Kier molecular flexibility index (Phi) is 7.99. The third-order valence-electron chi connectivity index (χ3n) is 6.77. The third-order valence-corrected chi connectivity index (χ3v) is 6.77. The molecule has 12 nitrogen and oxygen atoms in total. The number of aromatic nitrogens is 3. The fourth-order valence-corrected chi connectivity index (χ4v) is 4.63. The normalized spacial score (nSPS) is 19.4. The van der Waals surface area contributed by atoms with Crippen LogP contribution in [0.4, 0.5) is 22.4 Å². The van der Waals surface area contributed by atoms with Crippen LogP contribution < -0.4 is 20.4 Å². The quantitative estimate of drug-likeness (QED) is 0.564. The van der Waals surface area contributed by atoms with E-state index in [2.05, 4.69) is 20.4 Å². The summed E-state index contributed by atoms with van der Waals surface area (Å²) in [6.45, 7) is 6.92. The fourth-order valence-electron chi connectivity index (χ4n) is 4.63. The highest BCUT2D eigenvalue weighted by Crippen LogP contribution is 2.33. The number of carbonyl (C=O) groups excluding carboxylic acids is 1. The lowest BCUT2D eigenvalue weighted by Gasteiger charge is -2.37. The molecule has 0 bridgehead atoms. The van der Waals surface area contributed by atoms with Crippen molar-refractivity contribution in [3.8, 4) is 11.4 Å². The molecule has 0 radical (unpaired) electrons. The Morgan fingerprint density at radius 1 is 0.919 bits per heavy atom. The number of piperidine rings is 1. The smallest absolute Gasteiger partial charge is 0.319 e. The van der Waals surface area contributed by atoms with Crippen LogP contribution in [0.2, 0.25) is 0 Å². The predicted octanol–water partition coefficient (Wildman–Crippen LogP) is 1.40. The molecule has 0 saturated carbocycles. The summed E-state index contributed by atoms with van der Waals surface area (Å²) in [6, 6.07) is 7.33. The fraction of sp³-hybridized carbons (Fsp3) is 0.600. The number of carbonyl (C=O) groups is 1. The molecule has 12 heteroatoms. The van der Waals surface area contributed by atoms with Crippen molar-refractivity contribution >= 4 is 23.6 Å². The first-order chi connectivity index (χ1) is 18.0. The van der Waals surface area contributed by atoms with Crippen molar-refractivity contribution in [1.29, 1.82) is 0 Å². The standard InChI is InChI=1S/C25H36N8O4/c1-31(2)12-9-26-24(34)27-20-5-3-19(4-6-20)21-28-22(30-23(29-21)33-13-15-35-16-14-33)32-10-7-25(8-11-32)36-17-18-37-25/h3-6H,7-18H2,1-2H3,(H2,26,27,34). The van der Waals surface area contributed by atoms with Gasteiger partial charge in [-0.15, -0.1) is 0 Å². The van der Waals surface area contributed by atoms with Crippen LogP contribution in [0.3, 0.4) is 0 Å². The summed E-state index contributed by atoms with van der Waals surface area (Å²) >= 11 is 0. The van der Waals surface area contributed by atoms with Gasteiger partial charge in [-0.25, -0.2) is 4.79 Å². The number of benzene rings is 1. The number of likely N-dealkylation sites (N-methyl/N-ethyl adjacent to an activating group) is 1. The van der Waals surface area contributed by atoms with E-state index in [0.29, 0.717) is 56.4 Å². The first kappa shape index (κ1) is 25.6. The summed E-state index contributed by atoms with van der Waals surface area (Å²) in [5, 5.41) is 5.72. The van der Waals surface area contributed by atoms with Crippen LogP contribution in [0.15, 0.2) is 24.3 Å². The second-order valence-electron chi connectivity index (χ2n) is 9.71. The number of anilines is 3. The van der Waals surface area contributed by atoms with E-state index < -0.39 is 5.79 Å². The Hall–Kier alpha value is -3.06. The molecule has 1 spiro atoms. The monoisotopic (exact) mass is 512 g/mol. The summed E-state index contributed by atoms with van der Waals surface area (Å²) in [5.74, 6) is 1.45. The van der Waals surface area contributed by atoms with Crippen molar-refractivity contribution in [2.45, 2.75) is 18.6 Å². The Bertz CT molecular complexity index is 1050. The SMILES string of the molecule is CN(C)CCNC(=O)Nc1ccc(-c2nc(N3CCOCC3)nc(N3CCC4(CC3)OCCO4)n2)cc1. The lowest BCUT2D eigenvalue weighted by molar-refractivity contribution is -0.169. The molecule has 3 saturated heterocycles. The van der Waals surface area contributed by atoms with Gasteiger partial charge in [0.2, 0.25) is 11.9 Å². The minimum absolute atomic E-state index is 0.232. The number of nitrogens with zero attached hydrogens (tertiary/aromatic N) is 6. The average Bonchev–Trinajstić information content (AvgIpc) is 3.37. The van der Waals surface area contributed by atoms with Gasteiger partial charge < -0.3 is 39.5 Å². The second kappa shape index (κ2) is 11.5. The van der Waals surface area contributed by atoms with E-state index >= 15 is 0 Å². The van der Waals surface area contributed by atoms with Gasteiger partial charge in [0.05, 0.1) is 26.4 Å². The first-order valence-electron chi connectivity index (χ1n) is 12.9. The molecule has 0 unspecified atom stereocenters. The van der Waals surface area contributed by atoms with E-state index in [9.17, 15) is 4.79 Å². The summed E-state index contributed by atoms with van der Waals surface area (Å²) in [4.78, 5) is 33.0. The molecule has 200 valence electrons. The first-order valence-corrected chi connectivity index (χ1v) is 12.9. The molecule has 3 fully saturated rings. The molecule has 3 aliphatic heterocycles. The highest BCUT2D eigenvalue weighted by atomic mass is 16.7. The summed E-state index contributed by atoms with van der Waals surface area (Å²) in [5.41, 5.74) is 1.55. The van der Waals surface area contributed by atoms with E-state index in [1.54, 1.807) is 0 Å². The largest absolute Gasteiger partial charge is 0.378 e. The number of rotatable bonds is 7. The molecule has 1 aromatic carbocycles. The molecule has 37 heavy (non-hydrogen) atoms. The van der Waals surface area contributed by atoms with Crippen LogP contribution in [0.25, 0.3) is 11.4 Å². The maximum absolute atomic E-state index is 12.2. The number of urea groups is 1. The van der Waals surface area contributed by atoms with Crippen LogP contribution in [0, 0.1) is 0 Å². The van der Waals surface area contributed by atoms with Gasteiger partial charge in [-0.05, 0) is 38.4 Å². The summed E-state index contributed by atoms with van der Waals surface area (Å²) in [6.07, 6.45) is 1.55. The lowest BCUT2D eigenvalue weighted by Crippen LogP contribution is -2.46. The molecule has 5 rings (SSSR count). The Morgan fingerprint density at radius 3 is 2.16 bits per heavy atom. The zero-order chi connectivity index (χ0) is 25.7. The van der Waals surface area contributed by atoms with Gasteiger partial charge in [0.1, 0.15) is 0 Å². The Morgan fingerprint density at radius 2 is 1.54 bits per heavy atom. The second-order valence-corrected chi connectivity index (χ2v) is 9.71. The third kappa shape index (κ3) is 6.45. The van der Waals surface area contributed by atoms with Crippen molar-refractivity contribution in [2.24, 2.45) is 0 Å². The number of nitrogens with one attached hydrogen (secondary N) is 2.